The van der Waals surface area contributed by atoms with Gasteiger partial charge in [0.2, 0.25) is 5.95 Å². The van der Waals surface area contributed by atoms with Crippen LogP contribution in [0.1, 0.15) is 23.3 Å². The van der Waals surface area contributed by atoms with Crippen LogP contribution in [0.4, 0.5) is 14.7 Å². The Morgan fingerprint density at radius 1 is 1.43 bits per heavy atom. The molecule has 0 radical (unpaired) electrons. The number of carboxylic acids is 1. The average Bonchev–Trinajstić information content (AvgIpc) is 2.92. The van der Waals surface area contributed by atoms with Gasteiger partial charge < -0.3 is 14.7 Å². The molecule has 1 atom stereocenters. The second-order valence-corrected chi connectivity index (χ2v) is 5.51. The summed E-state index contributed by atoms with van der Waals surface area (Å²) in [4.78, 5) is 20.5. The van der Waals surface area contributed by atoms with Gasteiger partial charge in [-0.1, -0.05) is 0 Å². The van der Waals surface area contributed by atoms with Gasteiger partial charge in [-0.3, -0.25) is 0 Å². The van der Waals surface area contributed by atoms with Crippen molar-refractivity contribution >= 4 is 11.9 Å². The molecule has 0 aromatic carbocycles. The van der Waals surface area contributed by atoms with E-state index < -0.39 is 17.3 Å². The Morgan fingerprint density at radius 3 is 2.90 bits per heavy atom. The first-order valence-electron chi connectivity index (χ1n) is 6.70. The number of nitrogens with zero attached hydrogens (tertiary/aromatic N) is 3. The first-order chi connectivity index (χ1) is 9.94. The molecule has 1 spiro atoms. The molecule has 0 saturated carbocycles. The molecular weight excluding hydrogens is 284 g/mol. The Balaban J connectivity index is 1.87. The van der Waals surface area contributed by atoms with Gasteiger partial charge in [0.25, 0.3) is 5.92 Å². The third kappa shape index (κ3) is 2.33. The van der Waals surface area contributed by atoms with E-state index in [-0.39, 0.29) is 44.2 Å². The van der Waals surface area contributed by atoms with Gasteiger partial charge in [0, 0.05) is 32.3 Å². The highest BCUT2D eigenvalue weighted by atomic mass is 19.3. The van der Waals surface area contributed by atoms with E-state index in [9.17, 15) is 13.6 Å². The van der Waals surface area contributed by atoms with Crippen LogP contribution in [0.3, 0.4) is 0 Å². The molecule has 2 fully saturated rings. The van der Waals surface area contributed by atoms with Gasteiger partial charge in [-0.15, -0.1) is 0 Å². The van der Waals surface area contributed by atoms with E-state index >= 15 is 0 Å². The molecule has 2 aliphatic rings. The van der Waals surface area contributed by atoms with Crippen LogP contribution in [0.15, 0.2) is 12.3 Å². The maximum Gasteiger partial charge on any atom is 0.354 e. The minimum absolute atomic E-state index is 0.00905. The molecule has 0 bridgehead atoms. The van der Waals surface area contributed by atoms with Crippen LogP contribution in [0.25, 0.3) is 0 Å². The molecule has 21 heavy (non-hydrogen) atoms. The topological polar surface area (TPSA) is 75.5 Å². The summed E-state index contributed by atoms with van der Waals surface area (Å²) in [7, 11) is 0. The quantitative estimate of drug-likeness (QED) is 0.890. The van der Waals surface area contributed by atoms with E-state index in [4.69, 9.17) is 9.84 Å². The first-order valence-corrected chi connectivity index (χ1v) is 6.70. The van der Waals surface area contributed by atoms with Gasteiger partial charge >= 0.3 is 5.97 Å². The molecule has 1 aromatic heterocycles. The number of rotatable bonds is 2. The first kappa shape index (κ1) is 14.1. The van der Waals surface area contributed by atoms with Crippen LogP contribution in [-0.4, -0.2) is 53.3 Å². The maximum absolute atomic E-state index is 14.2. The van der Waals surface area contributed by atoms with Crippen LogP contribution >= 0.6 is 0 Å². The summed E-state index contributed by atoms with van der Waals surface area (Å²) in [5.41, 5.74) is -1.37. The number of carboxylic acid groups (broad SMARTS) is 1. The largest absolute Gasteiger partial charge is 0.477 e. The molecule has 2 saturated heterocycles. The van der Waals surface area contributed by atoms with Crippen molar-refractivity contribution in [1.82, 2.24) is 9.97 Å². The number of hydrogen-bond donors (Lipinski definition) is 1. The lowest BCUT2D eigenvalue weighted by molar-refractivity contribution is -0.135. The standard InChI is InChI=1S/C13H15F2N3O3/c14-13(15)2-5-18(7-12(13)3-6-21-8-12)11-16-4-1-9(17-11)10(19)20/h1,4H,2-3,5-8H2,(H,19,20). The molecule has 3 rings (SSSR count). The van der Waals surface area contributed by atoms with Crippen molar-refractivity contribution < 1.29 is 23.4 Å². The number of anilines is 1. The van der Waals surface area contributed by atoms with Crippen molar-refractivity contribution in [1.29, 1.82) is 0 Å². The third-order valence-electron chi connectivity index (χ3n) is 4.21. The van der Waals surface area contributed by atoms with Crippen molar-refractivity contribution in [2.24, 2.45) is 5.41 Å². The molecular formula is C13H15F2N3O3. The van der Waals surface area contributed by atoms with E-state index in [0.717, 1.165) is 0 Å². The SMILES string of the molecule is O=C(O)c1ccnc(N2CCC(F)(F)C3(CCOC3)C2)n1. The number of ether oxygens (including phenoxy) is 1. The van der Waals surface area contributed by atoms with E-state index in [2.05, 4.69) is 9.97 Å². The molecule has 1 unspecified atom stereocenters. The summed E-state index contributed by atoms with van der Waals surface area (Å²) < 4.78 is 33.6. The lowest BCUT2D eigenvalue weighted by Gasteiger charge is -2.45. The molecule has 2 aliphatic heterocycles. The van der Waals surface area contributed by atoms with Crippen LogP contribution in [0, 0.1) is 5.41 Å². The Morgan fingerprint density at radius 2 is 2.24 bits per heavy atom. The smallest absolute Gasteiger partial charge is 0.354 e. The highest BCUT2D eigenvalue weighted by Crippen LogP contribution is 2.49. The number of hydrogen-bond acceptors (Lipinski definition) is 5. The molecule has 114 valence electrons. The Labute approximate surface area is 119 Å². The number of aromatic carboxylic acids is 1. The van der Waals surface area contributed by atoms with E-state index in [1.54, 1.807) is 4.90 Å². The number of alkyl halides is 2. The molecule has 1 N–H and O–H groups in total. The molecule has 8 heteroatoms. The van der Waals surface area contributed by atoms with Crippen LogP contribution in [0.5, 0.6) is 0 Å². The van der Waals surface area contributed by atoms with Crippen LogP contribution in [-0.2, 0) is 4.74 Å². The minimum atomic E-state index is -2.79. The zero-order valence-electron chi connectivity index (χ0n) is 11.3. The van der Waals surface area contributed by atoms with Gasteiger partial charge in [0.15, 0.2) is 5.69 Å². The number of halogens is 2. The summed E-state index contributed by atoms with van der Waals surface area (Å²) in [5, 5.41) is 8.95. The summed E-state index contributed by atoms with van der Waals surface area (Å²) in [6.45, 7) is 0.496. The molecule has 1 aromatic rings. The normalized spacial score (nSPS) is 28.0. The lowest BCUT2D eigenvalue weighted by Crippen LogP contribution is -2.56. The van der Waals surface area contributed by atoms with Crippen molar-refractivity contribution in [3.8, 4) is 0 Å². The minimum Gasteiger partial charge on any atom is -0.477 e. The fourth-order valence-corrected chi connectivity index (χ4v) is 2.91. The van der Waals surface area contributed by atoms with Gasteiger partial charge in [-0.05, 0) is 12.5 Å². The highest BCUT2D eigenvalue weighted by molar-refractivity contribution is 5.85. The molecule has 3 heterocycles. The number of carbonyl (C=O) groups is 1. The summed E-state index contributed by atoms with van der Waals surface area (Å²) in [6, 6.07) is 1.28. The predicted octanol–water partition coefficient (Wildman–Crippen LogP) is 1.43. The monoisotopic (exact) mass is 299 g/mol. The molecule has 6 nitrogen and oxygen atoms in total. The summed E-state index contributed by atoms with van der Waals surface area (Å²) in [6.07, 6.45) is 1.31. The maximum atomic E-state index is 14.2. The average molecular weight is 299 g/mol. The predicted molar refractivity (Wildman–Crippen MR) is 68.6 cm³/mol. The fourth-order valence-electron chi connectivity index (χ4n) is 2.91. The van der Waals surface area contributed by atoms with Gasteiger partial charge in [-0.25, -0.2) is 23.5 Å². The lowest BCUT2D eigenvalue weighted by atomic mass is 9.76. The van der Waals surface area contributed by atoms with E-state index in [1.807, 2.05) is 0 Å². The van der Waals surface area contributed by atoms with Gasteiger partial charge in [0.05, 0.1) is 12.0 Å². The van der Waals surface area contributed by atoms with Crippen molar-refractivity contribution in [2.75, 3.05) is 31.2 Å². The Kier molecular flexibility index (Phi) is 3.27. The zero-order valence-corrected chi connectivity index (χ0v) is 11.3. The van der Waals surface area contributed by atoms with E-state index in [1.165, 1.54) is 12.3 Å². The summed E-state index contributed by atoms with van der Waals surface area (Å²) in [5.74, 6) is -3.78. The number of aromatic nitrogens is 2. The van der Waals surface area contributed by atoms with Crippen molar-refractivity contribution in [3.63, 3.8) is 0 Å². The van der Waals surface area contributed by atoms with Crippen molar-refractivity contribution in [3.05, 3.63) is 18.0 Å². The van der Waals surface area contributed by atoms with Gasteiger partial charge in [0.1, 0.15) is 0 Å². The third-order valence-corrected chi connectivity index (χ3v) is 4.21. The number of piperidine rings is 1. The Bertz CT molecular complexity index is 561. The van der Waals surface area contributed by atoms with Crippen LogP contribution < -0.4 is 4.90 Å². The molecule has 0 amide bonds. The highest BCUT2D eigenvalue weighted by Gasteiger charge is 2.58. The molecule has 0 aliphatic carbocycles. The van der Waals surface area contributed by atoms with Gasteiger partial charge in [-0.2, -0.15) is 0 Å². The van der Waals surface area contributed by atoms with Crippen LogP contribution in [0.2, 0.25) is 0 Å². The second-order valence-electron chi connectivity index (χ2n) is 5.51. The second kappa shape index (κ2) is 4.87. The zero-order chi connectivity index (χ0) is 15.1. The van der Waals surface area contributed by atoms with Crippen molar-refractivity contribution in [2.45, 2.75) is 18.8 Å². The fraction of sp³-hybridized carbons (Fsp3) is 0.615. The summed E-state index contributed by atoms with van der Waals surface area (Å²) >= 11 is 0. The van der Waals surface area contributed by atoms with E-state index in [0.29, 0.717) is 6.61 Å². The Hall–Kier alpha value is -1.83.